The molecule has 3 N–H and O–H groups in total. The first-order chi connectivity index (χ1) is 14.0. The number of ether oxygens (including phenoxy) is 1. The van der Waals surface area contributed by atoms with E-state index in [1.165, 1.54) is 18.2 Å². The minimum absolute atomic E-state index is 0.00858. The van der Waals surface area contributed by atoms with E-state index in [0.29, 0.717) is 10.8 Å². The first-order valence-corrected chi connectivity index (χ1v) is 9.74. The maximum atomic E-state index is 13.7. The quantitative estimate of drug-likeness (QED) is 0.417. The molecule has 3 aromatic rings. The van der Waals surface area contributed by atoms with Gasteiger partial charge < -0.3 is 20.7 Å². The third kappa shape index (κ3) is 5.52. The van der Waals surface area contributed by atoms with Crippen LogP contribution in [0.1, 0.15) is 10.4 Å². The van der Waals surface area contributed by atoms with Gasteiger partial charge in [0.15, 0.2) is 5.11 Å². The van der Waals surface area contributed by atoms with Gasteiger partial charge in [-0.1, -0.05) is 12.1 Å². The van der Waals surface area contributed by atoms with Crippen molar-refractivity contribution in [3.05, 3.63) is 82.6 Å². The predicted molar refractivity (Wildman–Crippen MR) is 121 cm³/mol. The zero-order valence-electron chi connectivity index (χ0n) is 15.3. The highest BCUT2D eigenvalue weighted by atomic mass is 79.9. The van der Waals surface area contributed by atoms with Crippen LogP contribution in [0.2, 0.25) is 0 Å². The molecule has 8 heteroatoms. The fourth-order valence-electron chi connectivity index (χ4n) is 2.52. The van der Waals surface area contributed by atoms with Crippen molar-refractivity contribution in [1.29, 1.82) is 0 Å². The summed E-state index contributed by atoms with van der Waals surface area (Å²) in [5, 5.41) is 9.21. The summed E-state index contributed by atoms with van der Waals surface area (Å²) in [7, 11) is 1.60. The molecule has 0 aromatic heterocycles. The van der Waals surface area contributed by atoms with E-state index in [1.54, 1.807) is 37.4 Å². The second kappa shape index (κ2) is 9.49. The van der Waals surface area contributed by atoms with Crippen molar-refractivity contribution >= 4 is 56.2 Å². The van der Waals surface area contributed by atoms with Crippen LogP contribution >= 0.6 is 28.1 Å². The third-order valence-electron chi connectivity index (χ3n) is 3.93. The molecular formula is C21H17BrFN3O2S. The number of nitrogens with one attached hydrogen (secondary N) is 3. The molecule has 0 saturated carbocycles. The molecule has 0 atom stereocenters. The van der Waals surface area contributed by atoms with Crippen LogP contribution in [0.3, 0.4) is 0 Å². The molecule has 29 heavy (non-hydrogen) atoms. The summed E-state index contributed by atoms with van der Waals surface area (Å²) < 4.78 is 19.7. The van der Waals surface area contributed by atoms with Gasteiger partial charge >= 0.3 is 0 Å². The molecule has 0 unspecified atom stereocenters. The number of hydrogen-bond donors (Lipinski definition) is 3. The maximum absolute atomic E-state index is 13.7. The van der Waals surface area contributed by atoms with Gasteiger partial charge in [0.2, 0.25) is 0 Å². The summed E-state index contributed by atoms with van der Waals surface area (Å²) in [5.74, 6) is -0.349. The van der Waals surface area contributed by atoms with Crippen molar-refractivity contribution in [3.8, 4) is 5.75 Å². The van der Waals surface area contributed by atoms with Crippen LogP contribution in [0.4, 0.5) is 21.5 Å². The van der Waals surface area contributed by atoms with E-state index in [-0.39, 0.29) is 5.56 Å². The number of carbonyl (C=O) groups is 1. The Labute approximate surface area is 181 Å². The van der Waals surface area contributed by atoms with Gasteiger partial charge in [0.05, 0.1) is 17.1 Å². The van der Waals surface area contributed by atoms with Crippen LogP contribution in [-0.2, 0) is 0 Å². The third-order valence-corrected chi connectivity index (χ3v) is 4.75. The number of benzene rings is 3. The van der Waals surface area contributed by atoms with Crippen molar-refractivity contribution in [2.45, 2.75) is 0 Å². The lowest BCUT2D eigenvalue weighted by Gasteiger charge is -2.12. The second-order valence-corrected chi connectivity index (χ2v) is 7.20. The van der Waals surface area contributed by atoms with Crippen LogP contribution < -0.4 is 20.7 Å². The highest BCUT2D eigenvalue weighted by Crippen LogP contribution is 2.27. The van der Waals surface area contributed by atoms with Gasteiger partial charge in [0.1, 0.15) is 11.6 Å². The first kappa shape index (κ1) is 20.8. The molecule has 3 aromatic carbocycles. The van der Waals surface area contributed by atoms with Crippen LogP contribution in [0.15, 0.2) is 71.2 Å². The monoisotopic (exact) mass is 473 g/mol. The molecule has 0 heterocycles. The maximum Gasteiger partial charge on any atom is 0.258 e. The van der Waals surface area contributed by atoms with Gasteiger partial charge in [-0.3, -0.25) is 4.79 Å². The number of methoxy groups -OCH3 is 1. The number of rotatable bonds is 5. The van der Waals surface area contributed by atoms with Crippen molar-refractivity contribution in [2.24, 2.45) is 0 Å². The number of amides is 1. The van der Waals surface area contributed by atoms with E-state index in [9.17, 15) is 9.18 Å². The number of carbonyl (C=O) groups excluding carboxylic acids is 1. The largest absolute Gasteiger partial charge is 0.496 e. The molecule has 0 bridgehead atoms. The van der Waals surface area contributed by atoms with Crippen molar-refractivity contribution in [2.75, 3.05) is 23.1 Å². The lowest BCUT2D eigenvalue weighted by atomic mass is 10.2. The average molecular weight is 474 g/mol. The molecule has 0 aliphatic rings. The van der Waals surface area contributed by atoms with E-state index in [1.807, 2.05) is 18.2 Å². The normalized spacial score (nSPS) is 10.2. The highest BCUT2D eigenvalue weighted by Gasteiger charge is 2.11. The Bertz CT molecular complexity index is 1040. The minimum Gasteiger partial charge on any atom is -0.496 e. The van der Waals surface area contributed by atoms with Crippen LogP contribution in [0.5, 0.6) is 5.75 Å². The molecule has 0 aliphatic heterocycles. The molecule has 0 spiro atoms. The smallest absolute Gasteiger partial charge is 0.258 e. The summed E-state index contributed by atoms with van der Waals surface area (Å²) in [6, 6.07) is 18.3. The molecule has 0 fully saturated rings. The van der Waals surface area contributed by atoms with Crippen LogP contribution in [0, 0.1) is 5.82 Å². The van der Waals surface area contributed by atoms with Crippen molar-refractivity contribution in [1.82, 2.24) is 0 Å². The van der Waals surface area contributed by atoms with Gasteiger partial charge in [0, 0.05) is 17.1 Å². The Morgan fingerprint density at radius 1 is 0.931 bits per heavy atom. The molecule has 5 nitrogen and oxygen atoms in total. The van der Waals surface area contributed by atoms with Crippen molar-refractivity contribution in [3.63, 3.8) is 0 Å². The summed E-state index contributed by atoms with van der Waals surface area (Å²) in [4.78, 5) is 12.2. The van der Waals surface area contributed by atoms with E-state index in [0.717, 1.165) is 21.6 Å². The molecule has 0 radical (unpaired) electrons. The number of anilines is 3. The standard InChI is InChI=1S/C21H17BrFN3O2S/c1-28-19-11-10-15(12-17(19)22)26-21(29)25-14-8-6-13(7-9-14)24-20(27)16-4-2-3-5-18(16)23/h2-12H,1H3,(H,24,27)(H2,25,26,29). The molecule has 0 saturated heterocycles. The highest BCUT2D eigenvalue weighted by molar-refractivity contribution is 9.10. The minimum atomic E-state index is -0.565. The van der Waals surface area contributed by atoms with Crippen LogP contribution in [0.25, 0.3) is 0 Å². The second-order valence-electron chi connectivity index (χ2n) is 5.94. The lowest BCUT2D eigenvalue weighted by Crippen LogP contribution is -2.19. The van der Waals surface area contributed by atoms with Gasteiger partial charge in [-0.15, -0.1) is 0 Å². The molecule has 148 valence electrons. The Hall–Kier alpha value is -2.97. The Morgan fingerprint density at radius 3 is 2.14 bits per heavy atom. The zero-order chi connectivity index (χ0) is 20.8. The molecule has 1 amide bonds. The fourth-order valence-corrected chi connectivity index (χ4v) is 3.29. The zero-order valence-corrected chi connectivity index (χ0v) is 17.7. The van der Waals surface area contributed by atoms with Gasteiger partial charge in [0.25, 0.3) is 5.91 Å². The number of thiocarbonyl (C=S) groups is 1. The van der Waals surface area contributed by atoms with E-state index in [4.69, 9.17) is 17.0 Å². The van der Waals surface area contributed by atoms with E-state index < -0.39 is 11.7 Å². The SMILES string of the molecule is COc1ccc(NC(=S)Nc2ccc(NC(=O)c3ccccc3F)cc2)cc1Br. The average Bonchev–Trinajstić information content (AvgIpc) is 2.70. The van der Waals surface area contributed by atoms with Crippen LogP contribution in [-0.4, -0.2) is 18.1 Å². The van der Waals surface area contributed by atoms with Gasteiger partial charge in [-0.25, -0.2) is 4.39 Å². The summed E-state index contributed by atoms with van der Waals surface area (Å²) >= 11 is 8.75. The van der Waals surface area contributed by atoms with E-state index >= 15 is 0 Å². The van der Waals surface area contributed by atoms with Crippen molar-refractivity contribution < 1.29 is 13.9 Å². The number of halogens is 2. The topological polar surface area (TPSA) is 62.4 Å². The summed E-state index contributed by atoms with van der Waals surface area (Å²) in [6.07, 6.45) is 0. The first-order valence-electron chi connectivity index (χ1n) is 8.54. The molecular weight excluding hydrogens is 457 g/mol. The predicted octanol–water partition coefficient (Wildman–Crippen LogP) is 5.66. The number of hydrogen-bond acceptors (Lipinski definition) is 3. The fraction of sp³-hybridized carbons (Fsp3) is 0.0476. The van der Waals surface area contributed by atoms with Gasteiger partial charge in [-0.05, 0) is 82.7 Å². The summed E-state index contributed by atoms with van der Waals surface area (Å²) in [6.45, 7) is 0. The van der Waals surface area contributed by atoms with Gasteiger partial charge in [-0.2, -0.15) is 0 Å². The molecule has 0 aliphatic carbocycles. The Balaban J connectivity index is 1.59. The van der Waals surface area contributed by atoms with E-state index in [2.05, 4.69) is 31.9 Å². The Morgan fingerprint density at radius 2 is 1.52 bits per heavy atom. The lowest BCUT2D eigenvalue weighted by molar-refractivity contribution is 0.102. The Kier molecular flexibility index (Phi) is 6.79. The molecule has 3 rings (SSSR count). The summed E-state index contributed by atoms with van der Waals surface area (Å²) in [5.41, 5.74) is 2.07.